The molecule has 4 aromatic carbocycles. The average molecular weight is 713 g/mol. The van der Waals surface area contributed by atoms with Crippen molar-refractivity contribution >= 4 is 70.6 Å². The molecule has 0 N–H and O–H groups in total. The minimum atomic E-state index is 0.812. The van der Waals surface area contributed by atoms with Crippen molar-refractivity contribution in [3.05, 3.63) is 122 Å². The van der Waals surface area contributed by atoms with Crippen molar-refractivity contribution < 1.29 is 0 Å². The van der Waals surface area contributed by atoms with E-state index < -0.39 is 0 Å². The number of benzene rings is 4. The van der Waals surface area contributed by atoms with E-state index in [1.807, 2.05) is 47.4 Å². The quantitative estimate of drug-likeness (QED) is 0.0433. The van der Waals surface area contributed by atoms with Crippen LogP contribution in [0.4, 0.5) is 0 Å². The van der Waals surface area contributed by atoms with Crippen LogP contribution in [0.15, 0.2) is 162 Å². The second-order valence-electron chi connectivity index (χ2n) is 9.55. The molecule has 4 aromatic rings. The van der Waals surface area contributed by atoms with Gasteiger partial charge in [-0.05, 0) is 110 Å². The van der Waals surface area contributed by atoms with E-state index in [9.17, 15) is 0 Å². The van der Waals surface area contributed by atoms with Gasteiger partial charge in [0.1, 0.15) is 0 Å². The first-order valence-corrected chi connectivity index (χ1v) is 20.6. The van der Waals surface area contributed by atoms with Gasteiger partial charge in [-0.25, -0.2) is 0 Å². The average Bonchev–Trinajstić information content (AvgIpc) is 3.09. The van der Waals surface area contributed by atoms with Crippen molar-refractivity contribution in [2.45, 2.75) is 64.8 Å². The molecule has 46 heavy (non-hydrogen) atoms. The molecule has 0 spiro atoms. The van der Waals surface area contributed by atoms with Gasteiger partial charge in [0.05, 0.1) is 0 Å². The Bertz CT molecular complexity index is 1390. The van der Waals surface area contributed by atoms with Crippen LogP contribution in [-0.4, -0.2) is 23.0 Å². The van der Waals surface area contributed by atoms with Gasteiger partial charge in [0.25, 0.3) is 0 Å². The molecule has 0 fully saturated rings. The molecule has 4 rings (SSSR count). The first kappa shape index (κ1) is 38.0. The highest BCUT2D eigenvalue weighted by atomic mass is 32.2. The molecule has 0 aliphatic heterocycles. The summed E-state index contributed by atoms with van der Waals surface area (Å²) in [6.07, 6.45) is 18.2. The van der Waals surface area contributed by atoms with E-state index in [1.165, 1.54) is 39.2 Å². The van der Waals surface area contributed by atoms with E-state index in [0.29, 0.717) is 0 Å². The predicted molar refractivity (Wildman–Crippen MR) is 213 cm³/mol. The lowest BCUT2D eigenvalue weighted by Crippen LogP contribution is -1.79. The smallest absolute Gasteiger partial charge is 0.0180 e. The summed E-state index contributed by atoms with van der Waals surface area (Å²) in [7, 11) is 0. The van der Waals surface area contributed by atoms with Gasteiger partial charge in [-0.3, -0.25) is 0 Å². The molecule has 0 aliphatic rings. The Labute approximate surface area is 303 Å². The molecule has 0 unspecified atom stereocenters. The summed E-state index contributed by atoms with van der Waals surface area (Å²) >= 11 is 11.0. The molecule has 0 amide bonds. The van der Waals surface area contributed by atoms with Crippen LogP contribution in [0, 0.1) is 24.7 Å². The third-order valence-corrected chi connectivity index (χ3v) is 12.1. The summed E-state index contributed by atoms with van der Waals surface area (Å²) in [5.41, 5.74) is 0. The van der Waals surface area contributed by atoms with Gasteiger partial charge >= 0.3 is 0 Å². The van der Waals surface area contributed by atoms with Gasteiger partial charge in [-0.2, -0.15) is 0 Å². The highest BCUT2D eigenvalue weighted by Gasteiger charge is 2.02. The van der Waals surface area contributed by atoms with E-state index in [4.69, 9.17) is 12.8 Å². The molecular weight excluding hydrogens is 673 g/mol. The van der Waals surface area contributed by atoms with Gasteiger partial charge in [0.15, 0.2) is 0 Å². The van der Waals surface area contributed by atoms with E-state index in [2.05, 4.69) is 122 Å². The van der Waals surface area contributed by atoms with E-state index >= 15 is 0 Å². The molecule has 6 heteroatoms. The van der Waals surface area contributed by atoms with Crippen molar-refractivity contribution in [3.8, 4) is 24.7 Å². The number of hydrogen-bond acceptors (Lipinski definition) is 6. The van der Waals surface area contributed by atoms with Gasteiger partial charge in [0, 0.05) is 75.0 Å². The number of allylic oxidation sites excluding steroid dienone is 2. The predicted octanol–water partition coefficient (Wildman–Crippen LogP) is 13.2. The van der Waals surface area contributed by atoms with Crippen LogP contribution in [-0.2, 0) is 0 Å². The zero-order valence-corrected chi connectivity index (χ0v) is 31.0. The van der Waals surface area contributed by atoms with Crippen LogP contribution in [0.2, 0.25) is 0 Å². The molecule has 0 atom stereocenters. The molecule has 0 aromatic heterocycles. The minimum Gasteiger partial charge on any atom is -0.126 e. The fraction of sp³-hybridized carbons (Fsp3) is 0.200. The maximum atomic E-state index is 5.27. The summed E-state index contributed by atoms with van der Waals surface area (Å²) < 4.78 is 0. The van der Waals surface area contributed by atoms with E-state index in [-0.39, 0.29) is 0 Å². The Kier molecular flexibility index (Phi) is 19.7. The SMILES string of the molecule is C#CCCSc1ccc(Sc2ccc(SCCC#C)cc2)cc1.C=CCCSc1ccc(Sc2ccc(SCCC=C)cc2)cc1. The number of hydrogen-bond donors (Lipinski definition) is 0. The standard InChI is InChI=1S/C20H22S3.C20H18S3/c2*1-3-5-15-21-17-7-11-19(12-8-17)23-20-13-9-18(10-14-20)22-16-6-4-2/h3-4,7-14H,1-2,5-6,15-16H2;1-2,7-14H,5-6,15-16H2. The van der Waals surface area contributed by atoms with E-state index in [1.54, 1.807) is 35.3 Å². The Morgan fingerprint density at radius 1 is 0.413 bits per heavy atom. The highest BCUT2D eigenvalue weighted by molar-refractivity contribution is 8.00. The van der Waals surface area contributed by atoms with Crippen molar-refractivity contribution in [3.63, 3.8) is 0 Å². The third kappa shape index (κ3) is 15.9. The summed E-state index contributed by atoms with van der Waals surface area (Å²) in [5, 5.41) is 0. The van der Waals surface area contributed by atoms with Gasteiger partial charge in [-0.1, -0.05) is 35.7 Å². The zero-order valence-electron chi connectivity index (χ0n) is 26.1. The normalized spacial score (nSPS) is 10.2. The van der Waals surface area contributed by atoms with Gasteiger partial charge < -0.3 is 0 Å². The number of terminal acetylenes is 2. The molecule has 0 bridgehead atoms. The second kappa shape index (κ2) is 23.8. The van der Waals surface area contributed by atoms with Crippen molar-refractivity contribution in [2.24, 2.45) is 0 Å². The van der Waals surface area contributed by atoms with Crippen LogP contribution in [0.5, 0.6) is 0 Å². The Morgan fingerprint density at radius 2 is 0.652 bits per heavy atom. The van der Waals surface area contributed by atoms with Crippen LogP contribution in [0.3, 0.4) is 0 Å². The fourth-order valence-corrected chi connectivity index (χ4v) is 8.56. The number of rotatable bonds is 18. The third-order valence-electron chi connectivity index (χ3n) is 5.98. The zero-order chi connectivity index (χ0) is 32.7. The van der Waals surface area contributed by atoms with Gasteiger partial charge in [0.2, 0.25) is 0 Å². The molecular formula is C40H40S6. The van der Waals surface area contributed by atoms with Crippen LogP contribution < -0.4 is 0 Å². The lowest BCUT2D eigenvalue weighted by Gasteiger charge is -2.05. The topological polar surface area (TPSA) is 0 Å². The Balaban J connectivity index is 0.000000250. The van der Waals surface area contributed by atoms with Crippen LogP contribution >= 0.6 is 70.6 Å². The molecule has 0 nitrogen and oxygen atoms in total. The van der Waals surface area contributed by atoms with Crippen LogP contribution in [0.1, 0.15) is 25.7 Å². The first-order valence-electron chi connectivity index (χ1n) is 15.0. The minimum absolute atomic E-state index is 0.812. The summed E-state index contributed by atoms with van der Waals surface area (Å²) in [6.45, 7) is 7.51. The largest absolute Gasteiger partial charge is 0.126 e. The van der Waals surface area contributed by atoms with Gasteiger partial charge in [-0.15, -0.1) is 84.9 Å². The lowest BCUT2D eigenvalue weighted by molar-refractivity contribution is 1.24. The summed E-state index contributed by atoms with van der Waals surface area (Å²) in [6, 6.07) is 34.9. The second-order valence-corrected chi connectivity index (χ2v) is 16.5. The molecule has 0 radical (unpaired) electrons. The maximum Gasteiger partial charge on any atom is 0.0180 e. The Hall–Kier alpha value is -2.42. The van der Waals surface area contributed by atoms with E-state index in [0.717, 1.165) is 48.7 Å². The molecule has 0 saturated carbocycles. The summed E-state index contributed by atoms with van der Waals surface area (Å²) in [4.78, 5) is 10.2. The first-order chi connectivity index (χ1) is 22.6. The van der Waals surface area contributed by atoms with Crippen molar-refractivity contribution in [2.75, 3.05) is 23.0 Å². The van der Waals surface area contributed by atoms with Crippen molar-refractivity contribution in [1.29, 1.82) is 0 Å². The van der Waals surface area contributed by atoms with Crippen LogP contribution in [0.25, 0.3) is 0 Å². The fourth-order valence-electron chi connectivity index (χ4n) is 3.66. The summed E-state index contributed by atoms with van der Waals surface area (Å²) in [5.74, 6) is 9.48. The molecule has 236 valence electrons. The maximum absolute atomic E-state index is 5.27. The molecule has 0 heterocycles. The highest BCUT2D eigenvalue weighted by Crippen LogP contribution is 2.32. The Morgan fingerprint density at radius 3 is 0.891 bits per heavy atom. The molecule has 0 aliphatic carbocycles. The number of thioether (sulfide) groups is 4. The monoisotopic (exact) mass is 712 g/mol. The molecule has 0 saturated heterocycles. The van der Waals surface area contributed by atoms with Crippen molar-refractivity contribution in [1.82, 2.24) is 0 Å². The lowest BCUT2D eigenvalue weighted by atomic mass is 10.4.